The lowest BCUT2D eigenvalue weighted by molar-refractivity contribution is -0.125. The molecule has 1 saturated carbocycles. The zero-order chi connectivity index (χ0) is 25.0. The first kappa shape index (κ1) is 25.7. The van der Waals surface area contributed by atoms with Gasteiger partial charge in [-0.25, -0.2) is 8.42 Å². The minimum atomic E-state index is -3.75. The van der Waals surface area contributed by atoms with Crippen LogP contribution in [-0.2, 0) is 14.8 Å². The highest BCUT2D eigenvalue weighted by Gasteiger charge is 2.40. The number of methoxy groups -OCH3 is 1. The number of nitrogens with one attached hydrogen (secondary N) is 2. The molecule has 2 N–H and O–H groups in total. The van der Waals surface area contributed by atoms with Crippen molar-refractivity contribution in [1.82, 2.24) is 14.9 Å². The lowest BCUT2D eigenvalue weighted by atomic mass is 9.90. The lowest BCUT2D eigenvalue weighted by Crippen LogP contribution is -2.50. The van der Waals surface area contributed by atoms with E-state index in [-0.39, 0.29) is 28.8 Å². The fraction of sp³-hybridized carbons (Fsp3) is 0.440. The molecule has 188 valence electrons. The van der Waals surface area contributed by atoms with Gasteiger partial charge >= 0.3 is 0 Å². The third-order valence-electron chi connectivity index (χ3n) is 6.69. The van der Waals surface area contributed by atoms with Crippen LogP contribution in [0.3, 0.4) is 0 Å². The van der Waals surface area contributed by atoms with Crippen molar-refractivity contribution in [3.8, 4) is 5.75 Å². The second kappa shape index (κ2) is 11.1. The number of sulfonamides is 1. The largest absolute Gasteiger partial charge is 0.497 e. The second-order valence-electron chi connectivity index (χ2n) is 8.99. The minimum Gasteiger partial charge on any atom is -0.497 e. The Morgan fingerprint density at radius 1 is 0.914 bits per heavy atom. The van der Waals surface area contributed by atoms with Crippen molar-refractivity contribution in [1.29, 1.82) is 0 Å². The van der Waals surface area contributed by atoms with E-state index in [1.54, 1.807) is 55.6 Å². The van der Waals surface area contributed by atoms with Gasteiger partial charge in [-0.3, -0.25) is 9.59 Å². The Kier molecular flexibility index (Phi) is 8.13. The molecule has 0 radical (unpaired) electrons. The molecule has 2 fully saturated rings. The molecule has 8 nitrogen and oxygen atoms in total. The van der Waals surface area contributed by atoms with Crippen LogP contribution in [0.2, 0.25) is 0 Å². The number of amides is 2. The van der Waals surface area contributed by atoms with Crippen molar-refractivity contribution >= 4 is 37.8 Å². The summed E-state index contributed by atoms with van der Waals surface area (Å²) in [6, 6.07) is 12.8. The van der Waals surface area contributed by atoms with Gasteiger partial charge in [0.25, 0.3) is 5.91 Å². The predicted octanol–water partition coefficient (Wildman–Crippen LogP) is 3.47. The van der Waals surface area contributed by atoms with Crippen molar-refractivity contribution in [3.63, 3.8) is 0 Å². The Labute approximate surface area is 214 Å². The van der Waals surface area contributed by atoms with E-state index >= 15 is 0 Å². The monoisotopic (exact) mass is 563 g/mol. The molecule has 0 spiro atoms. The van der Waals surface area contributed by atoms with E-state index in [1.807, 2.05) is 0 Å². The first-order valence-corrected chi connectivity index (χ1v) is 14.0. The van der Waals surface area contributed by atoms with Gasteiger partial charge < -0.3 is 15.4 Å². The average molecular weight is 565 g/mol. The van der Waals surface area contributed by atoms with E-state index in [4.69, 9.17) is 4.74 Å². The Morgan fingerprint density at radius 2 is 1.51 bits per heavy atom. The summed E-state index contributed by atoms with van der Waals surface area (Å²) in [6.45, 7) is 0.334. The average Bonchev–Trinajstić information content (AvgIpc) is 3.37. The summed E-state index contributed by atoms with van der Waals surface area (Å²) in [5.41, 5.74) is 0.578. The number of carbonyl (C=O) groups excluding carboxylic acids is 2. The molecule has 0 aromatic heterocycles. The maximum absolute atomic E-state index is 13.1. The molecular formula is C25H30BrN3O5S. The molecule has 2 aromatic carbocycles. The number of halogens is 1. The summed E-state index contributed by atoms with van der Waals surface area (Å²) in [7, 11) is -2.17. The van der Waals surface area contributed by atoms with Crippen LogP contribution in [0, 0.1) is 0 Å². The van der Waals surface area contributed by atoms with E-state index in [0.29, 0.717) is 30.7 Å². The SMILES string of the molecule is COc1ccc(C(=O)NC2CCC(NC(=O)[C@@H]3CCCN3S(=O)(=O)c3ccc(Br)cc3)CC2)cc1. The van der Waals surface area contributed by atoms with Crippen molar-refractivity contribution in [3.05, 3.63) is 58.6 Å². The predicted molar refractivity (Wildman–Crippen MR) is 136 cm³/mol. The number of ether oxygens (including phenoxy) is 1. The molecule has 35 heavy (non-hydrogen) atoms. The quantitative estimate of drug-likeness (QED) is 0.536. The molecular weight excluding hydrogens is 534 g/mol. The summed E-state index contributed by atoms with van der Waals surface area (Å²) in [6.07, 6.45) is 4.11. The van der Waals surface area contributed by atoms with Gasteiger partial charge in [0.1, 0.15) is 11.8 Å². The van der Waals surface area contributed by atoms with Gasteiger partial charge in [-0.1, -0.05) is 15.9 Å². The van der Waals surface area contributed by atoms with E-state index in [2.05, 4.69) is 26.6 Å². The molecule has 2 aromatic rings. The van der Waals surface area contributed by atoms with E-state index in [1.165, 1.54) is 4.31 Å². The van der Waals surface area contributed by atoms with Gasteiger partial charge in [-0.2, -0.15) is 4.31 Å². The zero-order valence-corrected chi connectivity index (χ0v) is 22.0. The molecule has 1 atom stereocenters. The molecule has 1 aliphatic carbocycles. The zero-order valence-electron chi connectivity index (χ0n) is 19.6. The molecule has 1 aliphatic heterocycles. The molecule has 0 unspecified atom stereocenters. The van der Waals surface area contributed by atoms with Crippen LogP contribution >= 0.6 is 15.9 Å². The fourth-order valence-corrected chi connectivity index (χ4v) is 6.64. The van der Waals surface area contributed by atoms with Crippen LogP contribution in [0.1, 0.15) is 48.9 Å². The number of carbonyl (C=O) groups is 2. The van der Waals surface area contributed by atoms with Gasteiger partial charge in [0.2, 0.25) is 15.9 Å². The van der Waals surface area contributed by atoms with Crippen LogP contribution < -0.4 is 15.4 Å². The molecule has 1 saturated heterocycles. The number of rotatable bonds is 7. The number of benzene rings is 2. The molecule has 2 aliphatic rings. The van der Waals surface area contributed by atoms with Gasteiger partial charge in [0.15, 0.2) is 0 Å². The Morgan fingerprint density at radius 3 is 2.11 bits per heavy atom. The number of hydrogen-bond donors (Lipinski definition) is 2. The Bertz CT molecular complexity index is 1150. The molecule has 1 heterocycles. The molecule has 4 rings (SSSR count). The summed E-state index contributed by atoms with van der Waals surface area (Å²) in [4.78, 5) is 25.8. The molecule has 2 amide bonds. The molecule has 10 heteroatoms. The van der Waals surface area contributed by atoms with Crippen LogP contribution in [-0.4, -0.2) is 56.3 Å². The van der Waals surface area contributed by atoms with Gasteiger partial charge in [0, 0.05) is 28.7 Å². The highest BCUT2D eigenvalue weighted by molar-refractivity contribution is 9.10. The van der Waals surface area contributed by atoms with Gasteiger partial charge in [-0.15, -0.1) is 0 Å². The summed E-state index contributed by atoms with van der Waals surface area (Å²) < 4.78 is 33.5. The van der Waals surface area contributed by atoms with Crippen molar-refractivity contribution in [2.45, 2.75) is 61.5 Å². The third-order valence-corrected chi connectivity index (χ3v) is 9.14. The highest BCUT2D eigenvalue weighted by Crippen LogP contribution is 2.28. The van der Waals surface area contributed by atoms with Crippen molar-refractivity contribution < 1.29 is 22.7 Å². The van der Waals surface area contributed by atoms with Crippen LogP contribution in [0.15, 0.2) is 57.9 Å². The van der Waals surface area contributed by atoms with Crippen molar-refractivity contribution in [2.24, 2.45) is 0 Å². The van der Waals surface area contributed by atoms with Gasteiger partial charge in [-0.05, 0) is 87.1 Å². The second-order valence-corrected chi connectivity index (χ2v) is 11.8. The smallest absolute Gasteiger partial charge is 0.251 e. The van der Waals surface area contributed by atoms with Crippen LogP contribution in [0.4, 0.5) is 0 Å². The summed E-state index contributed by atoms with van der Waals surface area (Å²) in [5.74, 6) is 0.331. The Hall–Kier alpha value is -2.43. The topological polar surface area (TPSA) is 105 Å². The maximum Gasteiger partial charge on any atom is 0.251 e. The van der Waals surface area contributed by atoms with E-state index < -0.39 is 16.1 Å². The van der Waals surface area contributed by atoms with Crippen LogP contribution in [0.25, 0.3) is 0 Å². The summed E-state index contributed by atoms with van der Waals surface area (Å²) >= 11 is 3.32. The third kappa shape index (κ3) is 6.05. The lowest BCUT2D eigenvalue weighted by Gasteiger charge is -2.31. The normalized spacial score (nSPS) is 23.0. The van der Waals surface area contributed by atoms with E-state index in [0.717, 1.165) is 30.2 Å². The standard InChI is InChI=1S/C25H30BrN3O5S/c1-34-21-12-4-17(5-13-21)24(30)27-19-8-10-20(11-9-19)28-25(31)23-3-2-16-29(23)35(32,33)22-14-6-18(26)7-15-22/h4-7,12-15,19-20,23H,2-3,8-11,16H2,1H3,(H,27,30)(H,28,31)/t19?,20?,23-/m0/s1. The molecule has 0 bridgehead atoms. The fourth-order valence-electron chi connectivity index (χ4n) is 4.72. The van der Waals surface area contributed by atoms with E-state index in [9.17, 15) is 18.0 Å². The first-order chi connectivity index (χ1) is 16.8. The highest BCUT2D eigenvalue weighted by atomic mass is 79.9. The maximum atomic E-state index is 13.1. The number of nitrogens with zero attached hydrogens (tertiary/aromatic N) is 1. The van der Waals surface area contributed by atoms with Gasteiger partial charge in [0.05, 0.1) is 12.0 Å². The van der Waals surface area contributed by atoms with Crippen LogP contribution in [0.5, 0.6) is 5.75 Å². The first-order valence-electron chi connectivity index (χ1n) is 11.8. The summed E-state index contributed by atoms with van der Waals surface area (Å²) in [5, 5.41) is 6.13. The van der Waals surface area contributed by atoms with Crippen molar-refractivity contribution in [2.75, 3.05) is 13.7 Å². The minimum absolute atomic E-state index is 0.0329. The number of hydrogen-bond acceptors (Lipinski definition) is 5. The Balaban J connectivity index is 1.29.